The number of aromatic nitrogens is 2. The van der Waals surface area contributed by atoms with Crippen molar-refractivity contribution in [2.45, 2.75) is 25.7 Å². The van der Waals surface area contributed by atoms with E-state index in [2.05, 4.69) is 10.2 Å². The lowest BCUT2D eigenvalue weighted by Crippen LogP contribution is -2.30. The van der Waals surface area contributed by atoms with Gasteiger partial charge in [-0.05, 0) is 30.7 Å². The van der Waals surface area contributed by atoms with Crippen LogP contribution in [0.15, 0.2) is 41.4 Å². The molecule has 0 bridgehead atoms. The number of hydrogen-bond donors (Lipinski definition) is 0. The SMILES string of the molecule is CCN(CC)S(=O)(=O)c1ccc(-c2ccnnc2C)cc1. The smallest absolute Gasteiger partial charge is 0.207 e. The second-order valence-corrected chi connectivity index (χ2v) is 6.58. The van der Waals surface area contributed by atoms with Crippen molar-refractivity contribution in [3.05, 3.63) is 42.2 Å². The largest absolute Gasteiger partial charge is 0.243 e. The van der Waals surface area contributed by atoms with Crippen LogP contribution in [0.3, 0.4) is 0 Å². The van der Waals surface area contributed by atoms with Crippen LogP contribution < -0.4 is 0 Å². The predicted molar refractivity (Wildman–Crippen MR) is 82.3 cm³/mol. The van der Waals surface area contributed by atoms with Gasteiger partial charge in [0, 0.05) is 18.7 Å². The van der Waals surface area contributed by atoms with E-state index in [9.17, 15) is 8.42 Å². The van der Waals surface area contributed by atoms with Gasteiger partial charge in [0.1, 0.15) is 0 Å². The number of benzene rings is 1. The molecule has 1 aromatic carbocycles. The topological polar surface area (TPSA) is 63.2 Å². The summed E-state index contributed by atoms with van der Waals surface area (Å²) in [6, 6.07) is 8.77. The van der Waals surface area contributed by atoms with Gasteiger partial charge >= 0.3 is 0 Å². The number of aryl methyl sites for hydroxylation is 1. The molecule has 0 aliphatic carbocycles. The molecule has 0 radical (unpaired) electrons. The zero-order chi connectivity index (χ0) is 15.5. The first kappa shape index (κ1) is 15.6. The third-order valence-electron chi connectivity index (χ3n) is 3.41. The van der Waals surface area contributed by atoms with Gasteiger partial charge in [0.15, 0.2) is 0 Å². The Balaban J connectivity index is 2.38. The van der Waals surface area contributed by atoms with Gasteiger partial charge in [-0.25, -0.2) is 8.42 Å². The van der Waals surface area contributed by atoms with Crippen LogP contribution in [0.5, 0.6) is 0 Å². The van der Waals surface area contributed by atoms with Crippen LogP contribution in [0, 0.1) is 6.92 Å². The molecule has 0 unspecified atom stereocenters. The summed E-state index contributed by atoms with van der Waals surface area (Å²) in [4.78, 5) is 0.314. The molecule has 1 heterocycles. The summed E-state index contributed by atoms with van der Waals surface area (Å²) in [6.07, 6.45) is 1.63. The molecule has 0 fully saturated rings. The van der Waals surface area contributed by atoms with Crippen LogP contribution in [0.1, 0.15) is 19.5 Å². The van der Waals surface area contributed by atoms with Gasteiger partial charge in [-0.3, -0.25) is 0 Å². The molecule has 2 rings (SSSR count). The molecule has 0 aliphatic heterocycles. The molecule has 0 atom stereocenters. The highest BCUT2D eigenvalue weighted by Crippen LogP contribution is 2.24. The van der Waals surface area contributed by atoms with Gasteiger partial charge in [0.25, 0.3) is 0 Å². The minimum absolute atomic E-state index is 0.314. The molecule has 0 saturated carbocycles. The van der Waals surface area contributed by atoms with Gasteiger partial charge < -0.3 is 0 Å². The monoisotopic (exact) mass is 305 g/mol. The van der Waals surface area contributed by atoms with Crippen LogP contribution in [0.2, 0.25) is 0 Å². The van der Waals surface area contributed by atoms with Crippen molar-refractivity contribution < 1.29 is 8.42 Å². The lowest BCUT2D eigenvalue weighted by Gasteiger charge is -2.18. The maximum Gasteiger partial charge on any atom is 0.243 e. The Morgan fingerprint density at radius 3 is 2.19 bits per heavy atom. The Labute approximate surface area is 125 Å². The molecule has 0 aliphatic rings. The Morgan fingerprint density at radius 2 is 1.67 bits per heavy atom. The quantitative estimate of drug-likeness (QED) is 0.851. The number of sulfonamides is 1. The van der Waals surface area contributed by atoms with E-state index >= 15 is 0 Å². The maximum absolute atomic E-state index is 12.4. The predicted octanol–water partition coefficient (Wildman–Crippen LogP) is 2.48. The van der Waals surface area contributed by atoms with Gasteiger partial charge in [-0.1, -0.05) is 26.0 Å². The average Bonchev–Trinajstić information content (AvgIpc) is 2.49. The van der Waals surface area contributed by atoms with Crippen molar-refractivity contribution in [2.24, 2.45) is 0 Å². The second-order valence-electron chi connectivity index (χ2n) is 4.64. The Hall–Kier alpha value is -1.79. The van der Waals surface area contributed by atoms with Crippen molar-refractivity contribution in [1.29, 1.82) is 0 Å². The Bertz CT molecular complexity index is 708. The van der Waals surface area contributed by atoms with Crippen LogP contribution in [0.4, 0.5) is 0 Å². The summed E-state index contributed by atoms with van der Waals surface area (Å²) < 4.78 is 26.3. The van der Waals surface area contributed by atoms with E-state index in [4.69, 9.17) is 0 Å². The first-order chi connectivity index (χ1) is 10.0. The maximum atomic E-state index is 12.4. The molecule has 0 spiro atoms. The molecule has 5 nitrogen and oxygen atoms in total. The summed E-state index contributed by atoms with van der Waals surface area (Å²) in [7, 11) is -3.40. The van der Waals surface area contributed by atoms with Crippen molar-refractivity contribution in [1.82, 2.24) is 14.5 Å². The van der Waals surface area contributed by atoms with Crippen molar-refractivity contribution in [2.75, 3.05) is 13.1 Å². The van der Waals surface area contributed by atoms with E-state index in [0.29, 0.717) is 18.0 Å². The van der Waals surface area contributed by atoms with E-state index in [1.54, 1.807) is 30.5 Å². The minimum Gasteiger partial charge on any atom is -0.207 e. The normalized spacial score (nSPS) is 11.8. The standard InChI is InChI=1S/C15H19N3O2S/c1-4-18(5-2)21(19,20)14-8-6-13(7-9-14)15-10-11-16-17-12(15)3/h6-11H,4-5H2,1-3H3. The zero-order valence-corrected chi connectivity index (χ0v) is 13.3. The van der Waals surface area contributed by atoms with Crippen LogP contribution >= 0.6 is 0 Å². The fourth-order valence-electron chi connectivity index (χ4n) is 2.23. The highest BCUT2D eigenvalue weighted by atomic mass is 32.2. The van der Waals surface area contributed by atoms with Gasteiger partial charge in [-0.15, -0.1) is 0 Å². The van der Waals surface area contributed by atoms with E-state index < -0.39 is 10.0 Å². The van der Waals surface area contributed by atoms with Crippen LogP contribution in [-0.2, 0) is 10.0 Å². The molecule has 1 aromatic heterocycles. The van der Waals surface area contributed by atoms with Crippen LogP contribution in [-0.4, -0.2) is 36.0 Å². The van der Waals surface area contributed by atoms with Crippen molar-refractivity contribution >= 4 is 10.0 Å². The average molecular weight is 305 g/mol. The molecule has 21 heavy (non-hydrogen) atoms. The van der Waals surface area contributed by atoms with E-state index in [1.807, 2.05) is 26.8 Å². The Morgan fingerprint density at radius 1 is 1.05 bits per heavy atom. The molecule has 2 aromatic rings. The molecular weight excluding hydrogens is 286 g/mol. The Kier molecular flexibility index (Phi) is 4.69. The second kappa shape index (κ2) is 6.32. The van der Waals surface area contributed by atoms with Gasteiger partial charge in [0.05, 0.1) is 16.8 Å². The summed E-state index contributed by atoms with van der Waals surface area (Å²) in [6.45, 7) is 6.48. The van der Waals surface area contributed by atoms with Crippen molar-refractivity contribution in [3.63, 3.8) is 0 Å². The van der Waals surface area contributed by atoms with Crippen molar-refractivity contribution in [3.8, 4) is 11.1 Å². The van der Waals surface area contributed by atoms with E-state index in [0.717, 1.165) is 16.8 Å². The fourth-order valence-corrected chi connectivity index (χ4v) is 3.68. The first-order valence-electron chi connectivity index (χ1n) is 6.89. The molecular formula is C15H19N3O2S. The minimum atomic E-state index is -3.40. The van der Waals surface area contributed by atoms with Gasteiger partial charge in [-0.2, -0.15) is 14.5 Å². The summed E-state index contributed by atoms with van der Waals surface area (Å²) >= 11 is 0. The fraction of sp³-hybridized carbons (Fsp3) is 0.333. The molecule has 0 saturated heterocycles. The molecule has 6 heteroatoms. The summed E-state index contributed by atoms with van der Waals surface area (Å²) in [5.74, 6) is 0. The van der Waals surface area contributed by atoms with E-state index in [-0.39, 0.29) is 0 Å². The molecule has 0 amide bonds. The lowest BCUT2D eigenvalue weighted by atomic mass is 10.1. The highest BCUT2D eigenvalue weighted by molar-refractivity contribution is 7.89. The lowest BCUT2D eigenvalue weighted by molar-refractivity contribution is 0.445. The summed E-state index contributed by atoms with van der Waals surface area (Å²) in [5.41, 5.74) is 2.70. The number of hydrogen-bond acceptors (Lipinski definition) is 4. The third-order valence-corrected chi connectivity index (χ3v) is 5.48. The highest BCUT2D eigenvalue weighted by Gasteiger charge is 2.21. The number of nitrogens with zero attached hydrogens (tertiary/aromatic N) is 3. The van der Waals surface area contributed by atoms with E-state index in [1.165, 1.54) is 4.31 Å². The van der Waals surface area contributed by atoms with Crippen LogP contribution in [0.25, 0.3) is 11.1 Å². The number of rotatable bonds is 5. The third kappa shape index (κ3) is 3.11. The van der Waals surface area contributed by atoms with Gasteiger partial charge in [0.2, 0.25) is 10.0 Å². The molecule has 112 valence electrons. The molecule has 0 N–H and O–H groups in total. The zero-order valence-electron chi connectivity index (χ0n) is 12.4. The summed E-state index contributed by atoms with van der Waals surface area (Å²) in [5, 5.41) is 7.82. The first-order valence-corrected chi connectivity index (χ1v) is 8.33.